The van der Waals surface area contributed by atoms with Crippen molar-refractivity contribution in [3.05, 3.63) is 0 Å². The van der Waals surface area contributed by atoms with Crippen LogP contribution in [0.3, 0.4) is 0 Å². The minimum atomic E-state index is -0.995. The topological polar surface area (TPSA) is 49.4 Å². The zero-order valence-electron chi connectivity index (χ0n) is 10.0. The Morgan fingerprint density at radius 2 is 1.43 bits per heavy atom. The van der Waals surface area contributed by atoms with Crippen LogP contribution in [-0.4, -0.2) is 37.4 Å². The lowest BCUT2D eigenvalue weighted by Crippen LogP contribution is -2.46. The Hall–Kier alpha value is -0.610. The summed E-state index contributed by atoms with van der Waals surface area (Å²) >= 11 is 0. The molecule has 0 fully saturated rings. The highest BCUT2D eigenvalue weighted by atomic mass is 16.7. The van der Waals surface area contributed by atoms with Gasteiger partial charge in [0.25, 0.3) is 0 Å². The van der Waals surface area contributed by atoms with Gasteiger partial charge in [0.15, 0.2) is 0 Å². The van der Waals surface area contributed by atoms with E-state index in [0.29, 0.717) is 0 Å². The number of hydrogen-bond acceptors (Lipinski definition) is 3. The van der Waals surface area contributed by atoms with Crippen molar-refractivity contribution >= 4 is 5.97 Å². The fourth-order valence-corrected chi connectivity index (χ4v) is 1.06. The Morgan fingerprint density at radius 3 is 1.43 bits per heavy atom. The van der Waals surface area contributed by atoms with Crippen molar-refractivity contribution in [3.63, 3.8) is 0 Å². The van der Waals surface area contributed by atoms with Gasteiger partial charge >= 0.3 is 0 Å². The summed E-state index contributed by atoms with van der Waals surface area (Å²) in [6.45, 7) is 11.2. The second kappa shape index (κ2) is 8.97. The van der Waals surface area contributed by atoms with Crippen LogP contribution in [0.25, 0.3) is 0 Å². The molecule has 0 unspecified atom stereocenters. The molecule has 86 valence electrons. The molecule has 0 aliphatic heterocycles. The lowest BCUT2D eigenvalue weighted by atomic mass is 10.5. The Balaban J connectivity index is 0. The van der Waals surface area contributed by atoms with Crippen LogP contribution in [0.1, 0.15) is 34.1 Å². The maximum absolute atomic E-state index is 9.26. The third-order valence-corrected chi connectivity index (χ3v) is 2.40. The van der Waals surface area contributed by atoms with Crippen molar-refractivity contribution in [1.82, 2.24) is 0 Å². The normalized spacial score (nSPS) is 10.4. The third-order valence-electron chi connectivity index (χ3n) is 2.40. The predicted octanol–water partition coefficient (Wildman–Crippen LogP) is 0.571. The molecule has 0 spiro atoms. The molecular formula is C10H23NO3. The van der Waals surface area contributed by atoms with Crippen LogP contribution < -0.4 is 5.11 Å². The quantitative estimate of drug-likeness (QED) is 0.487. The Labute approximate surface area is 87.0 Å². The first kappa shape index (κ1) is 15.8. The molecule has 0 aromatic heterocycles. The van der Waals surface area contributed by atoms with E-state index in [2.05, 4.69) is 20.8 Å². The summed E-state index contributed by atoms with van der Waals surface area (Å²) < 4.78 is 0.778. The first-order valence-corrected chi connectivity index (χ1v) is 5.13. The highest BCUT2D eigenvalue weighted by Crippen LogP contribution is 2.03. The molecule has 0 radical (unpaired) electrons. The lowest BCUT2D eigenvalue weighted by Gasteiger charge is -2.30. The van der Waals surface area contributed by atoms with Gasteiger partial charge in [-0.3, -0.25) is 0 Å². The number of hydrogen-bond donors (Lipinski definition) is 0. The number of aliphatic carboxylic acids is 1. The zero-order valence-corrected chi connectivity index (χ0v) is 10.0. The van der Waals surface area contributed by atoms with Crippen LogP contribution in [0.2, 0.25) is 0 Å². The van der Waals surface area contributed by atoms with Crippen LogP contribution in [0, 0.1) is 0 Å². The van der Waals surface area contributed by atoms with E-state index in [-0.39, 0.29) is 6.42 Å². The second-order valence-electron chi connectivity index (χ2n) is 2.91. The van der Waals surface area contributed by atoms with Crippen molar-refractivity contribution in [2.75, 3.05) is 26.7 Å². The van der Waals surface area contributed by atoms with Gasteiger partial charge in [-0.2, -0.15) is 4.65 Å². The molecule has 0 aliphatic rings. The van der Waals surface area contributed by atoms with Gasteiger partial charge in [0.2, 0.25) is 0 Å². The highest BCUT2D eigenvalue weighted by Gasteiger charge is 2.19. The Bertz CT molecular complexity index is 127. The monoisotopic (exact) mass is 205 g/mol. The van der Waals surface area contributed by atoms with E-state index < -0.39 is 5.97 Å². The fourth-order valence-electron chi connectivity index (χ4n) is 1.06. The van der Waals surface area contributed by atoms with Crippen molar-refractivity contribution in [2.45, 2.75) is 34.1 Å². The van der Waals surface area contributed by atoms with Gasteiger partial charge in [-0.05, 0) is 27.2 Å². The first-order chi connectivity index (χ1) is 6.51. The average Bonchev–Trinajstić information content (AvgIpc) is 2.23. The highest BCUT2D eigenvalue weighted by molar-refractivity contribution is 5.63. The summed E-state index contributed by atoms with van der Waals surface area (Å²) in [4.78, 5) is 14.6. The number of carbonyl (C=O) groups is 1. The average molecular weight is 205 g/mol. The molecule has 0 aromatic rings. The SMILES string of the molecule is CCC(=O)[O-].CC[N+](CC)(CC)OC. The van der Waals surface area contributed by atoms with Gasteiger partial charge in [-0.1, -0.05) is 6.92 Å². The third kappa shape index (κ3) is 6.86. The number of carboxylic acid groups (broad SMARTS) is 1. The van der Waals surface area contributed by atoms with E-state index in [4.69, 9.17) is 4.84 Å². The summed E-state index contributed by atoms with van der Waals surface area (Å²) in [5.74, 6) is -0.995. The molecule has 14 heavy (non-hydrogen) atoms. The summed E-state index contributed by atoms with van der Waals surface area (Å²) in [7, 11) is 1.77. The van der Waals surface area contributed by atoms with Gasteiger partial charge in [0.1, 0.15) is 19.6 Å². The van der Waals surface area contributed by atoms with Crippen LogP contribution in [-0.2, 0) is 9.63 Å². The fraction of sp³-hybridized carbons (Fsp3) is 0.900. The van der Waals surface area contributed by atoms with Crippen molar-refractivity contribution in [1.29, 1.82) is 0 Å². The van der Waals surface area contributed by atoms with Gasteiger partial charge < -0.3 is 9.90 Å². The summed E-state index contributed by atoms with van der Waals surface area (Å²) in [5, 5.41) is 9.26. The molecule has 0 N–H and O–H groups in total. The number of quaternary nitrogens is 1. The van der Waals surface area contributed by atoms with Gasteiger partial charge in [0.05, 0.1) is 7.11 Å². The molecule has 0 rings (SSSR count). The van der Waals surface area contributed by atoms with E-state index in [9.17, 15) is 9.90 Å². The molecule has 0 aromatic carbocycles. The van der Waals surface area contributed by atoms with E-state index in [1.54, 1.807) is 7.11 Å². The van der Waals surface area contributed by atoms with Crippen LogP contribution in [0.15, 0.2) is 0 Å². The number of nitrogens with zero attached hydrogens (tertiary/aromatic N) is 1. The van der Waals surface area contributed by atoms with Crippen LogP contribution in [0.5, 0.6) is 0 Å². The molecule has 4 nitrogen and oxygen atoms in total. The molecule has 0 saturated heterocycles. The number of carboxylic acids is 1. The molecular weight excluding hydrogens is 182 g/mol. The number of hydroxylamine groups is 3. The van der Waals surface area contributed by atoms with Crippen molar-refractivity contribution < 1.29 is 19.4 Å². The summed E-state index contributed by atoms with van der Waals surface area (Å²) in [6.07, 6.45) is 0.111. The largest absolute Gasteiger partial charge is 0.550 e. The lowest BCUT2D eigenvalue weighted by molar-refractivity contribution is -1.10. The minimum Gasteiger partial charge on any atom is -0.550 e. The Kier molecular flexibility index (Phi) is 10.1. The molecule has 0 atom stereocenters. The van der Waals surface area contributed by atoms with E-state index in [0.717, 1.165) is 24.3 Å². The van der Waals surface area contributed by atoms with Gasteiger partial charge in [-0.25, -0.2) is 4.84 Å². The van der Waals surface area contributed by atoms with Crippen LogP contribution in [0.4, 0.5) is 0 Å². The van der Waals surface area contributed by atoms with E-state index in [1.807, 2.05) is 0 Å². The van der Waals surface area contributed by atoms with Crippen LogP contribution >= 0.6 is 0 Å². The minimum absolute atomic E-state index is 0.111. The first-order valence-electron chi connectivity index (χ1n) is 5.13. The van der Waals surface area contributed by atoms with Crippen molar-refractivity contribution in [2.24, 2.45) is 0 Å². The van der Waals surface area contributed by atoms with Gasteiger partial charge in [0, 0.05) is 5.97 Å². The number of rotatable bonds is 5. The molecule has 0 heterocycles. The standard InChI is InChI=1S/C7H18NO.C3H6O2/c1-5-8(6-2,7-3)9-4;1-2-3(4)5/h5-7H2,1-4H3;2H2,1H3,(H,4,5)/q+1;/p-1. The van der Waals surface area contributed by atoms with Gasteiger partial charge in [-0.15, -0.1) is 0 Å². The zero-order chi connectivity index (χ0) is 11.6. The maximum atomic E-state index is 9.26. The summed E-state index contributed by atoms with van der Waals surface area (Å²) in [6, 6.07) is 0. The Morgan fingerprint density at radius 1 is 1.14 bits per heavy atom. The molecule has 0 saturated carbocycles. The molecule has 4 heteroatoms. The molecule has 0 aliphatic carbocycles. The van der Waals surface area contributed by atoms with Crippen molar-refractivity contribution in [3.8, 4) is 0 Å². The summed E-state index contributed by atoms with van der Waals surface area (Å²) in [5.41, 5.74) is 0. The maximum Gasteiger partial charge on any atom is 0.106 e. The molecule has 0 amide bonds. The smallest absolute Gasteiger partial charge is 0.106 e. The second-order valence-corrected chi connectivity index (χ2v) is 2.91. The molecule has 0 bridgehead atoms. The van der Waals surface area contributed by atoms with E-state index in [1.165, 1.54) is 6.92 Å². The van der Waals surface area contributed by atoms with E-state index >= 15 is 0 Å². The number of carbonyl (C=O) groups excluding carboxylic acids is 1. The predicted molar refractivity (Wildman–Crippen MR) is 54.2 cm³/mol.